The molecule has 3 atom stereocenters. The minimum atomic E-state index is 0.387. The van der Waals surface area contributed by atoms with E-state index in [9.17, 15) is 0 Å². The monoisotopic (exact) mass is 324 g/mol. The number of hydrogen-bond donors (Lipinski definition) is 1. The van der Waals surface area contributed by atoms with E-state index < -0.39 is 0 Å². The molecule has 0 bridgehead atoms. The van der Waals surface area contributed by atoms with Crippen LogP contribution in [0.4, 0.5) is 0 Å². The van der Waals surface area contributed by atoms with Crippen molar-refractivity contribution in [2.24, 2.45) is 5.92 Å². The van der Waals surface area contributed by atoms with Crippen LogP contribution in [0.1, 0.15) is 38.3 Å². The molecule has 2 nitrogen and oxygen atoms in total. The molecule has 2 unspecified atom stereocenters. The van der Waals surface area contributed by atoms with E-state index in [2.05, 4.69) is 71.3 Å². The summed E-state index contributed by atoms with van der Waals surface area (Å²) in [5, 5.41) is 3.77. The molecule has 1 saturated heterocycles. The summed E-state index contributed by atoms with van der Waals surface area (Å²) in [4.78, 5) is 2.45. The predicted octanol–water partition coefficient (Wildman–Crippen LogP) is 3.83. The van der Waals surface area contributed by atoms with Crippen LogP contribution >= 0.6 is 15.9 Å². The molecule has 1 aliphatic rings. The summed E-state index contributed by atoms with van der Waals surface area (Å²) in [6.45, 7) is 7.06. The lowest BCUT2D eigenvalue weighted by molar-refractivity contribution is 0.174. The maximum absolute atomic E-state index is 3.77. The number of rotatable bonds is 4. The van der Waals surface area contributed by atoms with E-state index in [0.29, 0.717) is 12.1 Å². The van der Waals surface area contributed by atoms with Crippen LogP contribution in [0.2, 0.25) is 0 Å². The van der Waals surface area contributed by atoms with E-state index in [0.717, 1.165) is 5.92 Å². The Kier molecular flexibility index (Phi) is 5.43. The molecule has 1 aliphatic heterocycles. The predicted molar refractivity (Wildman–Crippen MR) is 85.4 cm³/mol. The fraction of sp³-hybridized carbons (Fsp3) is 0.625. The normalized spacial score (nSPS) is 24.1. The molecule has 1 N–H and O–H groups in total. The van der Waals surface area contributed by atoms with E-state index in [1.165, 1.54) is 36.0 Å². The highest BCUT2D eigenvalue weighted by molar-refractivity contribution is 9.10. The summed E-state index contributed by atoms with van der Waals surface area (Å²) >= 11 is 3.64. The third kappa shape index (κ3) is 4.04. The quantitative estimate of drug-likeness (QED) is 0.905. The van der Waals surface area contributed by atoms with Gasteiger partial charge in [-0.1, -0.05) is 34.1 Å². The molecule has 0 saturated carbocycles. The molecule has 19 heavy (non-hydrogen) atoms. The molecule has 1 aromatic carbocycles. The Bertz CT molecular complexity index is 407. The van der Waals surface area contributed by atoms with Crippen molar-refractivity contribution in [2.45, 2.75) is 38.8 Å². The van der Waals surface area contributed by atoms with Gasteiger partial charge in [-0.25, -0.2) is 0 Å². The number of piperidine rings is 1. The van der Waals surface area contributed by atoms with Crippen LogP contribution in [0.3, 0.4) is 0 Å². The third-order valence-electron chi connectivity index (χ3n) is 4.25. The van der Waals surface area contributed by atoms with Crippen LogP contribution in [-0.4, -0.2) is 31.1 Å². The van der Waals surface area contributed by atoms with Gasteiger partial charge in [-0.05, 0) is 57.8 Å². The lowest BCUT2D eigenvalue weighted by Crippen LogP contribution is -2.43. The van der Waals surface area contributed by atoms with E-state index in [1.807, 2.05) is 0 Å². The summed E-state index contributed by atoms with van der Waals surface area (Å²) in [6, 6.07) is 9.44. The van der Waals surface area contributed by atoms with Crippen molar-refractivity contribution in [3.63, 3.8) is 0 Å². The first-order valence-corrected chi connectivity index (χ1v) is 8.06. The molecular weight excluding hydrogens is 300 g/mol. The van der Waals surface area contributed by atoms with Gasteiger partial charge < -0.3 is 10.2 Å². The first-order valence-electron chi connectivity index (χ1n) is 7.27. The number of likely N-dealkylation sites (tertiary alicyclic amines) is 1. The number of benzene rings is 1. The van der Waals surface area contributed by atoms with Crippen molar-refractivity contribution in [1.82, 2.24) is 10.2 Å². The van der Waals surface area contributed by atoms with Crippen LogP contribution < -0.4 is 5.32 Å². The van der Waals surface area contributed by atoms with Crippen molar-refractivity contribution in [2.75, 3.05) is 20.1 Å². The molecule has 0 aromatic heterocycles. The van der Waals surface area contributed by atoms with Gasteiger partial charge in [0.05, 0.1) is 0 Å². The fourth-order valence-electron chi connectivity index (χ4n) is 3.06. The molecule has 3 heteroatoms. The second-order valence-corrected chi connectivity index (χ2v) is 6.72. The first kappa shape index (κ1) is 15.0. The first-order chi connectivity index (χ1) is 9.08. The molecule has 0 amide bonds. The molecule has 1 aromatic rings. The lowest BCUT2D eigenvalue weighted by atomic mass is 9.91. The average molecular weight is 325 g/mol. The van der Waals surface area contributed by atoms with Gasteiger partial charge in [-0.3, -0.25) is 0 Å². The third-order valence-corrected chi connectivity index (χ3v) is 4.97. The molecule has 1 fully saturated rings. The molecule has 0 spiro atoms. The minimum Gasteiger partial charge on any atom is -0.307 e. The molecule has 0 radical (unpaired) electrons. The zero-order chi connectivity index (χ0) is 13.8. The Hall–Kier alpha value is -0.380. The summed E-state index contributed by atoms with van der Waals surface area (Å²) in [5.74, 6) is 0.767. The van der Waals surface area contributed by atoms with Crippen molar-refractivity contribution in [3.8, 4) is 0 Å². The zero-order valence-electron chi connectivity index (χ0n) is 12.2. The second-order valence-electron chi connectivity index (χ2n) is 5.86. The largest absolute Gasteiger partial charge is 0.307 e. The minimum absolute atomic E-state index is 0.387. The molecule has 2 rings (SSSR count). The second kappa shape index (κ2) is 6.87. The van der Waals surface area contributed by atoms with E-state index >= 15 is 0 Å². The van der Waals surface area contributed by atoms with Gasteiger partial charge in [-0.15, -0.1) is 0 Å². The van der Waals surface area contributed by atoms with Gasteiger partial charge in [0.15, 0.2) is 0 Å². The fourth-order valence-corrected chi connectivity index (χ4v) is 3.69. The van der Waals surface area contributed by atoms with Crippen LogP contribution in [0, 0.1) is 5.92 Å². The van der Waals surface area contributed by atoms with Crippen molar-refractivity contribution in [1.29, 1.82) is 0 Å². The highest BCUT2D eigenvalue weighted by Crippen LogP contribution is 2.25. The van der Waals surface area contributed by atoms with Gasteiger partial charge in [-0.2, -0.15) is 0 Å². The average Bonchev–Trinajstić information content (AvgIpc) is 2.39. The Labute approximate surface area is 125 Å². The van der Waals surface area contributed by atoms with Crippen molar-refractivity contribution in [3.05, 3.63) is 34.3 Å². The zero-order valence-corrected chi connectivity index (χ0v) is 13.8. The smallest absolute Gasteiger partial charge is 0.0305 e. The van der Waals surface area contributed by atoms with Crippen molar-refractivity contribution < 1.29 is 0 Å². The van der Waals surface area contributed by atoms with E-state index in [4.69, 9.17) is 0 Å². The van der Waals surface area contributed by atoms with Crippen LogP contribution in [-0.2, 0) is 0 Å². The summed E-state index contributed by atoms with van der Waals surface area (Å²) in [5.41, 5.74) is 1.35. The van der Waals surface area contributed by atoms with E-state index in [1.54, 1.807) is 0 Å². The maximum atomic E-state index is 3.77. The maximum Gasteiger partial charge on any atom is 0.0305 e. The number of hydrogen-bond acceptors (Lipinski definition) is 2. The van der Waals surface area contributed by atoms with Crippen molar-refractivity contribution >= 4 is 15.9 Å². The van der Waals surface area contributed by atoms with Gasteiger partial charge >= 0.3 is 0 Å². The highest BCUT2D eigenvalue weighted by atomic mass is 79.9. The lowest BCUT2D eigenvalue weighted by Gasteiger charge is -2.35. The molecule has 0 aliphatic carbocycles. The van der Waals surface area contributed by atoms with Gasteiger partial charge in [0.2, 0.25) is 0 Å². The summed E-state index contributed by atoms with van der Waals surface area (Å²) < 4.78 is 1.20. The molecule has 106 valence electrons. The Morgan fingerprint density at radius 1 is 1.32 bits per heavy atom. The van der Waals surface area contributed by atoms with Crippen LogP contribution in [0.15, 0.2) is 28.7 Å². The molecular formula is C16H25BrN2. The number of nitrogens with zero attached hydrogens (tertiary/aromatic N) is 1. The van der Waals surface area contributed by atoms with E-state index in [-0.39, 0.29) is 0 Å². The van der Waals surface area contributed by atoms with Crippen LogP contribution in [0.5, 0.6) is 0 Å². The SMILES string of the molecule is CC(N[C@@H](C)c1ccccc1Br)C1CCCN(C)C1. The highest BCUT2D eigenvalue weighted by Gasteiger charge is 2.24. The Balaban J connectivity index is 1.95. The summed E-state index contributed by atoms with van der Waals surface area (Å²) in [6.07, 6.45) is 2.68. The standard InChI is InChI=1S/C16H25BrN2/c1-12(14-7-6-10-19(3)11-14)18-13(2)15-8-4-5-9-16(15)17/h4-5,8-9,12-14,18H,6-7,10-11H2,1-3H3/t12?,13-,14?/m0/s1. The van der Waals surface area contributed by atoms with Gasteiger partial charge in [0, 0.05) is 23.1 Å². The topological polar surface area (TPSA) is 15.3 Å². The van der Waals surface area contributed by atoms with Gasteiger partial charge in [0.25, 0.3) is 0 Å². The Morgan fingerprint density at radius 2 is 2.05 bits per heavy atom. The van der Waals surface area contributed by atoms with Gasteiger partial charge in [0.1, 0.15) is 0 Å². The Morgan fingerprint density at radius 3 is 2.74 bits per heavy atom. The molecule has 1 heterocycles. The summed E-state index contributed by atoms with van der Waals surface area (Å²) in [7, 11) is 2.23. The number of nitrogens with one attached hydrogen (secondary N) is 1. The van der Waals surface area contributed by atoms with Crippen LogP contribution in [0.25, 0.3) is 0 Å². The number of halogens is 1.